The van der Waals surface area contributed by atoms with Gasteiger partial charge >= 0.3 is 0 Å². The van der Waals surface area contributed by atoms with Gasteiger partial charge in [0.25, 0.3) is 0 Å². The molecule has 2 rings (SSSR count). The zero-order valence-corrected chi connectivity index (χ0v) is 10.2. The first kappa shape index (κ1) is 12.5. The third-order valence-electron chi connectivity index (χ3n) is 3.34. The van der Waals surface area contributed by atoms with Gasteiger partial charge in [-0.25, -0.2) is 4.39 Å². The summed E-state index contributed by atoms with van der Waals surface area (Å²) < 4.78 is 18.3. The van der Waals surface area contributed by atoms with E-state index in [4.69, 9.17) is 4.74 Å². The lowest BCUT2D eigenvalue weighted by atomic mass is 9.82. The highest BCUT2D eigenvalue weighted by Gasteiger charge is 2.26. The minimum absolute atomic E-state index is 0.276. The van der Waals surface area contributed by atoms with E-state index in [1.807, 2.05) is 0 Å². The van der Waals surface area contributed by atoms with E-state index in [9.17, 15) is 4.39 Å². The molecule has 1 fully saturated rings. The number of nitrogens with one attached hydrogen (secondary N) is 1. The standard InChI is InChI=1S/C13H19FN2O/c1-13(2-4-17-5-3-13)10-16-8-11-6-12(14)9-15-7-11/h6-7,9,16H,2-5,8,10H2,1H3. The van der Waals surface area contributed by atoms with Crippen LogP contribution >= 0.6 is 0 Å². The molecular weight excluding hydrogens is 219 g/mol. The number of hydrogen-bond donors (Lipinski definition) is 1. The van der Waals surface area contributed by atoms with E-state index in [1.54, 1.807) is 6.20 Å². The van der Waals surface area contributed by atoms with Crippen LogP contribution in [-0.4, -0.2) is 24.7 Å². The number of hydrogen-bond acceptors (Lipinski definition) is 3. The fourth-order valence-electron chi connectivity index (χ4n) is 2.10. The molecule has 1 aliphatic heterocycles. The van der Waals surface area contributed by atoms with Gasteiger partial charge in [-0.1, -0.05) is 6.92 Å². The Kier molecular flexibility index (Phi) is 4.07. The minimum Gasteiger partial charge on any atom is -0.381 e. The summed E-state index contributed by atoms with van der Waals surface area (Å²) in [5, 5.41) is 3.38. The topological polar surface area (TPSA) is 34.2 Å². The van der Waals surface area contributed by atoms with Crippen LogP contribution in [0.4, 0.5) is 4.39 Å². The summed E-state index contributed by atoms with van der Waals surface area (Å²) in [7, 11) is 0. The largest absolute Gasteiger partial charge is 0.381 e. The molecule has 1 saturated heterocycles. The maximum atomic E-state index is 12.9. The highest BCUT2D eigenvalue weighted by Crippen LogP contribution is 2.28. The first-order valence-corrected chi connectivity index (χ1v) is 6.06. The molecule has 0 atom stereocenters. The molecule has 3 nitrogen and oxygen atoms in total. The molecule has 1 aromatic rings. The molecule has 0 spiro atoms. The maximum absolute atomic E-state index is 12.9. The SMILES string of the molecule is CC1(CNCc2cncc(F)c2)CCOCC1. The molecule has 0 bridgehead atoms. The van der Waals surface area contributed by atoms with E-state index in [0.717, 1.165) is 38.2 Å². The minimum atomic E-state index is -0.276. The third-order valence-corrected chi connectivity index (χ3v) is 3.34. The van der Waals surface area contributed by atoms with Crippen LogP contribution < -0.4 is 5.32 Å². The zero-order valence-electron chi connectivity index (χ0n) is 10.2. The van der Waals surface area contributed by atoms with Crippen molar-refractivity contribution in [2.45, 2.75) is 26.3 Å². The van der Waals surface area contributed by atoms with Crippen LogP contribution in [0.5, 0.6) is 0 Å². The summed E-state index contributed by atoms with van der Waals surface area (Å²) in [6, 6.07) is 1.52. The van der Waals surface area contributed by atoms with Crippen LogP contribution in [0.25, 0.3) is 0 Å². The summed E-state index contributed by atoms with van der Waals surface area (Å²) in [6.07, 6.45) is 5.09. The highest BCUT2D eigenvalue weighted by molar-refractivity contribution is 5.09. The Morgan fingerprint density at radius 2 is 2.18 bits per heavy atom. The number of pyridine rings is 1. The first-order valence-electron chi connectivity index (χ1n) is 6.06. The van der Waals surface area contributed by atoms with Gasteiger partial charge in [0.05, 0.1) is 6.20 Å². The maximum Gasteiger partial charge on any atom is 0.141 e. The molecule has 0 unspecified atom stereocenters. The summed E-state index contributed by atoms with van der Waals surface area (Å²) in [6.45, 7) is 5.57. The average Bonchev–Trinajstić information content (AvgIpc) is 2.30. The van der Waals surface area contributed by atoms with Crippen LogP contribution in [0.15, 0.2) is 18.5 Å². The Hall–Kier alpha value is -1.00. The van der Waals surface area contributed by atoms with Crippen molar-refractivity contribution in [1.82, 2.24) is 10.3 Å². The molecule has 4 heteroatoms. The van der Waals surface area contributed by atoms with E-state index in [0.29, 0.717) is 12.0 Å². The molecule has 0 saturated carbocycles. The Morgan fingerprint density at radius 3 is 2.88 bits per heavy atom. The van der Waals surface area contributed by atoms with Gasteiger partial charge in [0.1, 0.15) is 5.82 Å². The molecule has 0 aromatic carbocycles. The van der Waals surface area contributed by atoms with Crippen molar-refractivity contribution in [3.8, 4) is 0 Å². The van der Waals surface area contributed by atoms with Gasteiger partial charge in [-0.3, -0.25) is 4.98 Å². The van der Waals surface area contributed by atoms with Gasteiger partial charge in [-0.15, -0.1) is 0 Å². The Labute approximate surface area is 101 Å². The van der Waals surface area contributed by atoms with Crippen molar-refractivity contribution < 1.29 is 9.13 Å². The van der Waals surface area contributed by atoms with Crippen molar-refractivity contribution in [3.05, 3.63) is 29.8 Å². The first-order chi connectivity index (χ1) is 8.18. The predicted molar refractivity (Wildman–Crippen MR) is 64.1 cm³/mol. The number of ether oxygens (including phenoxy) is 1. The second-order valence-electron chi connectivity index (χ2n) is 5.04. The molecule has 17 heavy (non-hydrogen) atoms. The van der Waals surface area contributed by atoms with Crippen molar-refractivity contribution in [1.29, 1.82) is 0 Å². The van der Waals surface area contributed by atoms with Gasteiger partial charge in [0.2, 0.25) is 0 Å². The van der Waals surface area contributed by atoms with Crippen LogP contribution in [0.2, 0.25) is 0 Å². The normalized spacial score (nSPS) is 19.2. The summed E-state index contributed by atoms with van der Waals surface area (Å²) in [4.78, 5) is 3.83. The van der Waals surface area contributed by atoms with Gasteiger partial charge in [-0.05, 0) is 29.9 Å². The Bertz CT molecular complexity index is 364. The fourth-order valence-corrected chi connectivity index (χ4v) is 2.10. The molecule has 0 radical (unpaired) electrons. The van der Waals surface area contributed by atoms with E-state index >= 15 is 0 Å². The van der Waals surface area contributed by atoms with Crippen molar-refractivity contribution >= 4 is 0 Å². The lowest BCUT2D eigenvalue weighted by Crippen LogP contribution is -2.36. The van der Waals surface area contributed by atoms with E-state index in [2.05, 4.69) is 17.2 Å². The molecule has 1 aliphatic rings. The molecule has 1 aromatic heterocycles. The van der Waals surface area contributed by atoms with E-state index < -0.39 is 0 Å². The highest BCUT2D eigenvalue weighted by atomic mass is 19.1. The molecule has 0 amide bonds. The fraction of sp³-hybridized carbons (Fsp3) is 0.615. The summed E-state index contributed by atoms with van der Waals surface area (Å²) in [5.74, 6) is -0.276. The molecular formula is C13H19FN2O. The van der Waals surface area contributed by atoms with E-state index in [1.165, 1.54) is 12.3 Å². The molecule has 94 valence electrons. The van der Waals surface area contributed by atoms with Crippen LogP contribution in [-0.2, 0) is 11.3 Å². The number of aromatic nitrogens is 1. The predicted octanol–water partition coefficient (Wildman–Crippen LogP) is 2.13. The summed E-state index contributed by atoms with van der Waals surface area (Å²) in [5.41, 5.74) is 1.19. The second-order valence-corrected chi connectivity index (χ2v) is 5.04. The number of nitrogens with zero attached hydrogens (tertiary/aromatic N) is 1. The molecule has 2 heterocycles. The summed E-state index contributed by atoms with van der Waals surface area (Å²) >= 11 is 0. The van der Waals surface area contributed by atoms with Crippen molar-refractivity contribution in [2.24, 2.45) is 5.41 Å². The van der Waals surface area contributed by atoms with Gasteiger partial charge < -0.3 is 10.1 Å². The second kappa shape index (κ2) is 5.56. The van der Waals surface area contributed by atoms with Crippen molar-refractivity contribution in [2.75, 3.05) is 19.8 Å². The number of rotatable bonds is 4. The van der Waals surface area contributed by atoms with Crippen LogP contribution in [0, 0.1) is 11.2 Å². The van der Waals surface area contributed by atoms with Gasteiger partial charge in [-0.2, -0.15) is 0 Å². The van der Waals surface area contributed by atoms with Crippen LogP contribution in [0.3, 0.4) is 0 Å². The molecule has 1 N–H and O–H groups in total. The van der Waals surface area contributed by atoms with E-state index in [-0.39, 0.29) is 5.82 Å². The van der Waals surface area contributed by atoms with Crippen molar-refractivity contribution in [3.63, 3.8) is 0 Å². The molecule has 0 aliphatic carbocycles. The van der Waals surface area contributed by atoms with Gasteiger partial charge in [0.15, 0.2) is 0 Å². The lowest BCUT2D eigenvalue weighted by molar-refractivity contribution is 0.0240. The number of halogens is 1. The smallest absolute Gasteiger partial charge is 0.141 e. The van der Waals surface area contributed by atoms with Gasteiger partial charge in [0, 0.05) is 32.5 Å². The zero-order chi connectivity index (χ0) is 12.1. The quantitative estimate of drug-likeness (QED) is 0.872. The average molecular weight is 238 g/mol. The lowest BCUT2D eigenvalue weighted by Gasteiger charge is -2.33. The Balaban J connectivity index is 1.79. The third kappa shape index (κ3) is 3.75. The monoisotopic (exact) mass is 238 g/mol. The Morgan fingerprint density at radius 1 is 1.41 bits per heavy atom. The van der Waals surface area contributed by atoms with Crippen LogP contribution in [0.1, 0.15) is 25.3 Å².